The van der Waals surface area contributed by atoms with Crippen LogP contribution in [0, 0.1) is 6.92 Å². The molecule has 7 nitrogen and oxygen atoms in total. The standard InChI is InChI=1S/C20H18N4O3/c1-13-11-16(19(25)22-14-5-3-2-4-6-14)24-20(21-13)23-15-7-8-17-18(12-15)27-10-9-26-17/h2-8,11-12H,9-10H2,1H3,(H,22,25)(H,21,23,24). The van der Waals surface area contributed by atoms with E-state index in [1.165, 1.54) is 0 Å². The van der Waals surface area contributed by atoms with Gasteiger partial charge in [0.25, 0.3) is 5.91 Å². The average Bonchev–Trinajstić information content (AvgIpc) is 2.68. The van der Waals surface area contributed by atoms with Gasteiger partial charge in [-0.25, -0.2) is 9.97 Å². The molecule has 3 aromatic rings. The summed E-state index contributed by atoms with van der Waals surface area (Å²) >= 11 is 0. The topological polar surface area (TPSA) is 85.4 Å². The minimum atomic E-state index is -0.295. The maximum absolute atomic E-state index is 12.5. The molecule has 1 aromatic heterocycles. The number of para-hydroxylation sites is 1. The Morgan fingerprint density at radius 1 is 0.926 bits per heavy atom. The number of amides is 1. The van der Waals surface area contributed by atoms with E-state index < -0.39 is 0 Å². The number of hydrogen-bond donors (Lipinski definition) is 2. The number of ether oxygens (including phenoxy) is 2. The van der Waals surface area contributed by atoms with E-state index in [4.69, 9.17) is 9.47 Å². The number of nitrogens with zero attached hydrogens (tertiary/aromatic N) is 2. The Labute approximate surface area is 156 Å². The van der Waals surface area contributed by atoms with Gasteiger partial charge < -0.3 is 20.1 Å². The van der Waals surface area contributed by atoms with E-state index in [0.29, 0.717) is 42.0 Å². The summed E-state index contributed by atoms with van der Waals surface area (Å²) in [5, 5.41) is 5.94. The van der Waals surface area contributed by atoms with Gasteiger partial charge in [0.05, 0.1) is 0 Å². The quantitative estimate of drug-likeness (QED) is 0.738. The van der Waals surface area contributed by atoms with Gasteiger partial charge in [0.2, 0.25) is 5.95 Å². The SMILES string of the molecule is Cc1cc(C(=O)Nc2ccccc2)nc(Nc2ccc3c(c2)OCCO3)n1. The summed E-state index contributed by atoms with van der Waals surface area (Å²) in [6.07, 6.45) is 0. The molecule has 1 aliphatic rings. The highest BCUT2D eigenvalue weighted by Crippen LogP contribution is 2.33. The summed E-state index contributed by atoms with van der Waals surface area (Å²) in [7, 11) is 0. The van der Waals surface area contributed by atoms with E-state index in [-0.39, 0.29) is 11.6 Å². The van der Waals surface area contributed by atoms with E-state index in [1.54, 1.807) is 6.07 Å². The molecule has 0 atom stereocenters. The minimum Gasteiger partial charge on any atom is -0.486 e. The molecule has 136 valence electrons. The van der Waals surface area contributed by atoms with Gasteiger partial charge in [-0.2, -0.15) is 0 Å². The molecule has 0 saturated heterocycles. The van der Waals surface area contributed by atoms with Crippen LogP contribution in [-0.2, 0) is 0 Å². The Morgan fingerprint density at radius 2 is 1.70 bits per heavy atom. The van der Waals surface area contributed by atoms with E-state index in [0.717, 1.165) is 5.69 Å². The zero-order valence-corrected chi connectivity index (χ0v) is 14.7. The Bertz CT molecular complexity index is 976. The van der Waals surface area contributed by atoms with E-state index in [2.05, 4.69) is 20.6 Å². The summed E-state index contributed by atoms with van der Waals surface area (Å²) in [4.78, 5) is 21.2. The molecule has 1 aliphatic heterocycles. The molecular weight excluding hydrogens is 344 g/mol. The van der Waals surface area contributed by atoms with Crippen LogP contribution in [0.15, 0.2) is 54.6 Å². The molecule has 0 fully saturated rings. The first-order valence-electron chi connectivity index (χ1n) is 8.56. The van der Waals surface area contributed by atoms with Crippen molar-refractivity contribution in [3.05, 3.63) is 66.0 Å². The number of hydrogen-bond acceptors (Lipinski definition) is 6. The second-order valence-electron chi connectivity index (χ2n) is 6.02. The zero-order chi connectivity index (χ0) is 18.6. The van der Waals surface area contributed by atoms with E-state index >= 15 is 0 Å². The number of nitrogens with one attached hydrogen (secondary N) is 2. The maximum atomic E-state index is 12.5. The van der Waals surface area contributed by atoms with Crippen LogP contribution >= 0.6 is 0 Å². The van der Waals surface area contributed by atoms with Crippen molar-refractivity contribution < 1.29 is 14.3 Å². The van der Waals surface area contributed by atoms with Crippen LogP contribution in [0.5, 0.6) is 11.5 Å². The molecular formula is C20H18N4O3. The number of aromatic nitrogens is 2. The second-order valence-corrected chi connectivity index (χ2v) is 6.02. The van der Waals surface area contributed by atoms with Gasteiger partial charge in [0, 0.05) is 23.1 Å². The van der Waals surface area contributed by atoms with Crippen LogP contribution in [-0.4, -0.2) is 29.1 Å². The van der Waals surface area contributed by atoms with Gasteiger partial charge >= 0.3 is 0 Å². The number of aryl methyl sites for hydroxylation is 1. The molecule has 2 N–H and O–H groups in total. The Balaban J connectivity index is 1.54. The number of benzene rings is 2. The predicted molar refractivity (Wildman–Crippen MR) is 102 cm³/mol. The van der Waals surface area contributed by atoms with Crippen LogP contribution in [0.2, 0.25) is 0 Å². The second kappa shape index (κ2) is 7.33. The summed E-state index contributed by atoms with van der Waals surface area (Å²) in [5.41, 5.74) is 2.43. The molecule has 0 saturated carbocycles. The molecule has 4 rings (SSSR count). The molecule has 0 spiro atoms. The lowest BCUT2D eigenvalue weighted by Crippen LogP contribution is -2.16. The summed E-state index contributed by atoms with van der Waals surface area (Å²) in [6.45, 7) is 2.87. The first-order valence-corrected chi connectivity index (χ1v) is 8.56. The third-order valence-corrected chi connectivity index (χ3v) is 3.92. The van der Waals surface area contributed by atoms with E-state index in [1.807, 2.05) is 55.5 Å². The van der Waals surface area contributed by atoms with Crippen molar-refractivity contribution in [3.8, 4) is 11.5 Å². The zero-order valence-electron chi connectivity index (χ0n) is 14.7. The lowest BCUT2D eigenvalue weighted by Gasteiger charge is -2.19. The van der Waals surface area contributed by atoms with Crippen LogP contribution in [0.3, 0.4) is 0 Å². The molecule has 2 aromatic carbocycles. The highest BCUT2D eigenvalue weighted by Gasteiger charge is 2.14. The lowest BCUT2D eigenvalue weighted by atomic mass is 10.2. The number of anilines is 3. The number of carbonyl (C=O) groups is 1. The number of fused-ring (bicyclic) bond motifs is 1. The Morgan fingerprint density at radius 3 is 2.52 bits per heavy atom. The Kier molecular flexibility index (Phi) is 4.57. The maximum Gasteiger partial charge on any atom is 0.274 e. The predicted octanol–water partition coefficient (Wildman–Crippen LogP) is 3.55. The third kappa shape index (κ3) is 3.98. The highest BCUT2D eigenvalue weighted by atomic mass is 16.6. The van der Waals surface area contributed by atoms with Crippen LogP contribution in [0.25, 0.3) is 0 Å². The van der Waals surface area contributed by atoms with Crippen LogP contribution in [0.1, 0.15) is 16.2 Å². The van der Waals surface area contributed by atoms with Crippen molar-refractivity contribution >= 4 is 23.2 Å². The summed E-state index contributed by atoms with van der Waals surface area (Å²) in [6, 6.07) is 16.4. The first-order chi connectivity index (χ1) is 13.2. The molecule has 2 heterocycles. The van der Waals surface area contributed by atoms with Gasteiger partial charge in [-0.1, -0.05) is 18.2 Å². The Hall–Kier alpha value is -3.61. The number of carbonyl (C=O) groups excluding carboxylic acids is 1. The monoisotopic (exact) mass is 362 g/mol. The van der Waals surface area contributed by atoms with Crippen molar-refractivity contribution in [3.63, 3.8) is 0 Å². The van der Waals surface area contributed by atoms with Crippen molar-refractivity contribution in [1.29, 1.82) is 0 Å². The third-order valence-electron chi connectivity index (χ3n) is 3.92. The lowest BCUT2D eigenvalue weighted by molar-refractivity contribution is 0.102. The molecule has 1 amide bonds. The van der Waals surface area contributed by atoms with Gasteiger partial charge in [0.1, 0.15) is 18.9 Å². The number of rotatable bonds is 4. The fraction of sp³-hybridized carbons (Fsp3) is 0.150. The molecule has 0 bridgehead atoms. The molecule has 0 unspecified atom stereocenters. The average molecular weight is 362 g/mol. The smallest absolute Gasteiger partial charge is 0.274 e. The van der Waals surface area contributed by atoms with Crippen molar-refractivity contribution in [2.75, 3.05) is 23.8 Å². The molecule has 0 radical (unpaired) electrons. The van der Waals surface area contributed by atoms with Crippen molar-refractivity contribution in [1.82, 2.24) is 9.97 Å². The van der Waals surface area contributed by atoms with Crippen molar-refractivity contribution in [2.24, 2.45) is 0 Å². The fourth-order valence-corrected chi connectivity index (χ4v) is 2.71. The van der Waals surface area contributed by atoms with Crippen LogP contribution in [0.4, 0.5) is 17.3 Å². The van der Waals surface area contributed by atoms with E-state index in [9.17, 15) is 4.79 Å². The molecule has 0 aliphatic carbocycles. The molecule has 7 heteroatoms. The molecule has 27 heavy (non-hydrogen) atoms. The van der Waals surface area contributed by atoms with Crippen molar-refractivity contribution in [2.45, 2.75) is 6.92 Å². The van der Waals surface area contributed by atoms with Crippen LogP contribution < -0.4 is 20.1 Å². The fourth-order valence-electron chi connectivity index (χ4n) is 2.71. The minimum absolute atomic E-state index is 0.284. The van der Waals surface area contributed by atoms with Gasteiger partial charge in [-0.15, -0.1) is 0 Å². The summed E-state index contributed by atoms with van der Waals surface area (Å²) in [5.74, 6) is 1.42. The van der Waals surface area contributed by atoms with Gasteiger partial charge in [-0.3, -0.25) is 4.79 Å². The largest absolute Gasteiger partial charge is 0.486 e. The van der Waals surface area contributed by atoms with Gasteiger partial charge in [-0.05, 0) is 37.3 Å². The van der Waals surface area contributed by atoms with Gasteiger partial charge in [0.15, 0.2) is 11.5 Å². The highest BCUT2D eigenvalue weighted by molar-refractivity contribution is 6.03. The first kappa shape index (κ1) is 16.8. The normalized spacial score (nSPS) is 12.3. The summed E-state index contributed by atoms with van der Waals surface area (Å²) < 4.78 is 11.1.